The van der Waals surface area contributed by atoms with Crippen molar-refractivity contribution in [3.05, 3.63) is 43.0 Å². The summed E-state index contributed by atoms with van der Waals surface area (Å²) in [6.45, 7) is 10.7. The predicted octanol–water partition coefficient (Wildman–Crippen LogP) is 1.43. The standard InChI is InChI=1S/C18H27N3O/c1-2-9-19-10-8-17(18(22)15-19)21-13-11-20(12-14-21)16-6-4-3-5-7-16/h2-7,17-18,22H,1,8-15H2. The summed E-state index contributed by atoms with van der Waals surface area (Å²) in [5, 5.41) is 10.5. The van der Waals surface area contributed by atoms with Crippen LogP contribution < -0.4 is 4.90 Å². The van der Waals surface area contributed by atoms with Crippen LogP contribution in [0.25, 0.3) is 0 Å². The van der Waals surface area contributed by atoms with E-state index in [1.165, 1.54) is 5.69 Å². The lowest BCUT2D eigenvalue weighted by Gasteiger charge is -2.45. The molecule has 2 fully saturated rings. The molecule has 2 unspecified atom stereocenters. The van der Waals surface area contributed by atoms with Crippen LogP contribution in [0.15, 0.2) is 43.0 Å². The van der Waals surface area contributed by atoms with E-state index in [0.717, 1.165) is 52.2 Å². The van der Waals surface area contributed by atoms with Gasteiger partial charge in [0.05, 0.1) is 6.10 Å². The normalized spacial score (nSPS) is 27.8. The first kappa shape index (κ1) is 15.5. The lowest BCUT2D eigenvalue weighted by molar-refractivity contribution is -0.0116. The Morgan fingerprint density at radius 1 is 1.09 bits per heavy atom. The number of benzene rings is 1. The summed E-state index contributed by atoms with van der Waals surface area (Å²) >= 11 is 0. The van der Waals surface area contributed by atoms with E-state index in [4.69, 9.17) is 0 Å². The van der Waals surface area contributed by atoms with Crippen molar-refractivity contribution >= 4 is 5.69 Å². The summed E-state index contributed by atoms with van der Waals surface area (Å²) in [5.74, 6) is 0. The number of nitrogens with zero attached hydrogens (tertiary/aromatic N) is 3. The third kappa shape index (κ3) is 3.51. The van der Waals surface area contributed by atoms with Crippen molar-refractivity contribution in [2.75, 3.05) is 50.7 Å². The summed E-state index contributed by atoms with van der Waals surface area (Å²) in [7, 11) is 0. The van der Waals surface area contributed by atoms with Gasteiger partial charge in [0.1, 0.15) is 0 Å². The lowest BCUT2D eigenvalue weighted by Crippen LogP contribution is -2.58. The minimum Gasteiger partial charge on any atom is -0.390 e. The summed E-state index contributed by atoms with van der Waals surface area (Å²) in [5.41, 5.74) is 1.31. The number of anilines is 1. The van der Waals surface area contributed by atoms with Crippen molar-refractivity contribution in [1.29, 1.82) is 0 Å². The second-order valence-electron chi connectivity index (χ2n) is 6.33. The van der Waals surface area contributed by atoms with Crippen LogP contribution in [0.5, 0.6) is 0 Å². The number of piperidine rings is 1. The molecule has 2 saturated heterocycles. The summed E-state index contributed by atoms with van der Waals surface area (Å²) < 4.78 is 0. The molecule has 0 bridgehead atoms. The first-order valence-electron chi connectivity index (χ1n) is 8.33. The number of rotatable bonds is 4. The number of para-hydroxylation sites is 1. The Morgan fingerprint density at radius 2 is 1.82 bits per heavy atom. The lowest BCUT2D eigenvalue weighted by atomic mass is 9.99. The molecule has 120 valence electrons. The first-order valence-corrected chi connectivity index (χ1v) is 8.33. The highest BCUT2D eigenvalue weighted by Crippen LogP contribution is 2.21. The minimum absolute atomic E-state index is 0.239. The molecule has 4 heteroatoms. The van der Waals surface area contributed by atoms with Gasteiger partial charge < -0.3 is 10.0 Å². The Kier molecular flexibility index (Phi) is 5.13. The fraction of sp³-hybridized carbons (Fsp3) is 0.556. The van der Waals surface area contributed by atoms with Gasteiger partial charge in [-0.15, -0.1) is 6.58 Å². The molecule has 0 radical (unpaired) electrons. The zero-order chi connectivity index (χ0) is 15.4. The van der Waals surface area contributed by atoms with E-state index in [-0.39, 0.29) is 6.10 Å². The Bertz CT molecular complexity index is 470. The number of β-amino-alcohol motifs (C(OH)–C–C–N with tert-alkyl or cyclic N) is 1. The Morgan fingerprint density at radius 3 is 2.45 bits per heavy atom. The fourth-order valence-electron chi connectivity index (χ4n) is 3.71. The van der Waals surface area contributed by atoms with Gasteiger partial charge in [-0.25, -0.2) is 0 Å². The second-order valence-corrected chi connectivity index (χ2v) is 6.33. The SMILES string of the molecule is C=CCN1CCC(N2CCN(c3ccccc3)CC2)C(O)C1. The van der Waals surface area contributed by atoms with Crippen molar-refractivity contribution in [3.8, 4) is 0 Å². The number of hydrogen-bond donors (Lipinski definition) is 1. The topological polar surface area (TPSA) is 30.0 Å². The van der Waals surface area contributed by atoms with E-state index < -0.39 is 0 Å². The monoisotopic (exact) mass is 301 g/mol. The van der Waals surface area contributed by atoms with Gasteiger partial charge in [0.25, 0.3) is 0 Å². The Balaban J connectivity index is 1.52. The molecule has 0 aromatic heterocycles. The quantitative estimate of drug-likeness (QED) is 0.852. The molecule has 22 heavy (non-hydrogen) atoms. The van der Waals surface area contributed by atoms with Gasteiger partial charge in [-0.05, 0) is 18.6 Å². The number of aliphatic hydroxyl groups excluding tert-OH is 1. The number of likely N-dealkylation sites (tertiary alicyclic amines) is 1. The van der Waals surface area contributed by atoms with Crippen molar-refractivity contribution in [3.63, 3.8) is 0 Å². The maximum absolute atomic E-state index is 10.5. The van der Waals surface area contributed by atoms with Crippen LogP contribution in [0.4, 0.5) is 5.69 Å². The van der Waals surface area contributed by atoms with Crippen LogP contribution in [-0.4, -0.2) is 72.9 Å². The molecule has 1 aromatic rings. The molecule has 1 aromatic carbocycles. The summed E-state index contributed by atoms with van der Waals surface area (Å²) in [4.78, 5) is 7.21. The van der Waals surface area contributed by atoms with Gasteiger partial charge >= 0.3 is 0 Å². The molecule has 3 rings (SSSR count). The highest BCUT2D eigenvalue weighted by Gasteiger charge is 2.33. The van der Waals surface area contributed by atoms with Crippen LogP contribution in [0, 0.1) is 0 Å². The van der Waals surface area contributed by atoms with Gasteiger partial charge in [-0.3, -0.25) is 9.80 Å². The Labute approximate surface area is 133 Å². The van der Waals surface area contributed by atoms with Gasteiger partial charge in [0.15, 0.2) is 0 Å². The smallest absolute Gasteiger partial charge is 0.0822 e. The summed E-state index contributed by atoms with van der Waals surface area (Å²) in [6, 6.07) is 10.9. The highest BCUT2D eigenvalue weighted by molar-refractivity contribution is 5.46. The maximum atomic E-state index is 10.5. The average molecular weight is 301 g/mol. The molecular weight excluding hydrogens is 274 g/mol. The van der Waals surface area contributed by atoms with Gasteiger partial charge in [0.2, 0.25) is 0 Å². The second kappa shape index (κ2) is 7.27. The molecular formula is C18H27N3O. The van der Waals surface area contributed by atoms with E-state index in [0.29, 0.717) is 6.04 Å². The molecule has 2 aliphatic rings. The van der Waals surface area contributed by atoms with E-state index >= 15 is 0 Å². The molecule has 0 spiro atoms. The van der Waals surface area contributed by atoms with E-state index in [1.54, 1.807) is 0 Å². The third-order valence-corrected chi connectivity index (χ3v) is 4.92. The number of aliphatic hydroxyl groups is 1. The molecule has 0 aliphatic carbocycles. The van der Waals surface area contributed by atoms with E-state index in [9.17, 15) is 5.11 Å². The Hall–Kier alpha value is -1.36. The molecule has 2 heterocycles. The van der Waals surface area contributed by atoms with E-state index in [2.05, 4.69) is 51.6 Å². The van der Waals surface area contributed by atoms with Crippen LogP contribution >= 0.6 is 0 Å². The van der Waals surface area contributed by atoms with E-state index in [1.807, 2.05) is 6.08 Å². The molecule has 2 aliphatic heterocycles. The van der Waals surface area contributed by atoms with Crippen LogP contribution in [0.1, 0.15) is 6.42 Å². The number of piperazine rings is 1. The van der Waals surface area contributed by atoms with Gasteiger partial charge in [0, 0.05) is 57.5 Å². The largest absolute Gasteiger partial charge is 0.390 e. The van der Waals surface area contributed by atoms with Crippen molar-refractivity contribution < 1.29 is 5.11 Å². The molecule has 2 atom stereocenters. The molecule has 4 nitrogen and oxygen atoms in total. The maximum Gasteiger partial charge on any atom is 0.0822 e. The molecule has 0 saturated carbocycles. The number of hydrogen-bond acceptors (Lipinski definition) is 4. The third-order valence-electron chi connectivity index (χ3n) is 4.92. The zero-order valence-electron chi connectivity index (χ0n) is 13.3. The van der Waals surface area contributed by atoms with Gasteiger partial charge in [-0.1, -0.05) is 24.3 Å². The van der Waals surface area contributed by atoms with Gasteiger partial charge in [-0.2, -0.15) is 0 Å². The van der Waals surface area contributed by atoms with Crippen LogP contribution in [0.2, 0.25) is 0 Å². The minimum atomic E-state index is -0.239. The summed E-state index contributed by atoms with van der Waals surface area (Å²) in [6.07, 6.45) is 2.74. The van der Waals surface area contributed by atoms with Crippen molar-refractivity contribution in [2.24, 2.45) is 0 Å². The average Bonchev–Trinajstić information content (AvgIpc) is 2.56. The van der Waals surface area contributed by atoms with Crippen molar-refractivity contribution in [1.82, 2.24) is 9.80 Å². The fourth-order valence-corrected chi connectivity index (χ4v) is 3.71. The van der Waals surface area contributed by atoms with Crippen molar-refractivity contribution in [2.45, 2.75) is 18.6 Å². The highest BCUT2D eigenvalue weighted by atomic mass is 16.3. The molecule has 0 amide bonds. The van der Waals surface area contributed by atoms with Crippen LogP contribution in [-0.2, 0) is 0 Å². The predicted molar refractivity (Wildman–Crippen MR) is 91.3 cm³/mol. The first-order chi connectivity index (χ1) is 10.8. The van der Waals surface area contributed by atoms with Crippen LogP contribution in [0.3, 0.4) is 0 Å². The zero-order valence-corrected chi connectivity index (χ0v) is 13.3. The molecule has 1 N–H and O–H groups in total.